The largest absolute Gasteiger partial charge is 0.491 e. The van der Waals surface area contributed by atoms with Crippen LogP contribution in [-0.4, -0.2) is 34.8 Å². The molecule has 4 rings (SSSR count). The van der Waals surface area contributed by atoms with Gasteiger partial charge in [0.25, 0.3) is 11.5 Å². The van der Waals surface area contributed by atoms with E-state index in [1.807, 2.05) is 25.1 Å². The van der Waals surface area contributed by atoms with Crippen molar-refractivity contribution in [2.24, 2.45) is 0 Å². The van der Waals surface area contributed by atoms with E-state index in [2.05, 4.69) is 10.3 Å². The first-order chi connectivity index (χ1) is 14.5. The third-order valence-corrected chi connectivity index (χ3v) is 5.24. The highest BCUT2D eigenvalue weighted by Gasteiger charge is 2.16. The fraction of sp³-hybridized carbons (Fsp3) is 0.348. The van der Waals surface area contributed by atoms with Gasteiger partial charge in [-0.1, -0.05) is 6.07 Å². The van der Waals surface area contributed by atoms with Crippen LogP contribution < -0.4 is 15.6 Å². The highest BCUT2D eigenvalue weighted by atomic mass is 16.5. The Morgan fingerprint density at radius 1 is 1.30 bits per heavy atom. The van der Waals surface area contributed by atoms with E-state index in [9.17, 15) is 9.59 Å². The maximum atomic E-state index is 12.8. The van der Waals surface area contributed by atoms with E-state index in [0.717, 1.165) is 19.4 Å². The zero-order valence-corrected chi connectivity index (χ0v) is 17.2. The number of benzene rings is 2. The molecule has 0 bridgehead atoms. The number of amides is 1. The van der Waals surface area contributed by atoms with Crippen LogP contribution in [0.1, 0.15) is 35.8 Å². The standard InChI is InChI=1S/C23H25N3O4/c1-3-26-21-10-9-16(12-20(21)24-15(2)23(26)28)22(27)25-17-6-4-7-18(13-17)30-14-19-8-5-11-29-19/h4,6-7,9-10,12-13,19H,3,5,8,11,14H2,1-2H3,(H,25,27). The summed E-state index contributed by atoms with van der Waals surface area (Å²) in [6, 6.07) is 12.5. The van der Waals surface area contributed by atoms with E-state index in [-0.39, 0.29) is 17.6 Å². The average molecular weight is 407 g/mol. The molecule has 1 N–H and O–H groups in total. The molecular weight excluding hydrogens is 382 g/mol. The van der Waals surface area contributed by atoms with Gasteiger partial charge in [0.2, 0.25) is 0 Å². The van der Waals surface area contributed by atoms with Gasteiger partial charge in [-0.15, -0.1) is 0 Å². The minimum Gasteiger partial charge on any atom is -0.491 e. The summed E-state index contributed by atoms with van der Waals surface area (Å²) < 4.78 is 13.0. The Hall–Kier alpha value is -3.19. The van der Waals surface area contributed by atoms with Crippen molar-refractivity contribution < 1.29 is 14.3 Å². The third-order valence-electron chi connectivity index (χ3n) is 5.24. The second kappa shape index (κ2) is 8.67. The van der Waals surface area contributed by atoms with Crippen molar-refractivity contribution in [3.05, 3.63) is 64.1 Å². The van der Waals surface area contributed by atoms with Crippen molar-refractivity contribution in [2.75, 3.05) is 18.5 Å². The van der Waals surface area contributed by atoms with E-state index >= 15 is 0 Å². The normalized spacial score (nSPS) is 16.0. The molecule has 30 heavy (non-hydrogen) atoms. The average Bonchev–Trinajstić information content (AvgIpc) is 3.27. The number of carbonyl (C=O) groups excluding carboxylic acids is 1. The Balaban J connectivity index is 1.51. The quantitative estimate of drug-likeness (QED) is 0.676. The van der Waals surface area contributed by atoms with Crippen molar-refractivity contribution in [2.45, 2.75) is 39.3 Å². The van der Waals surface area contributed by atoms with Crippen LogP contribution in [-0.2, 0) is 11.3 Å². The summed E-state index contributed by atoms with van der Waals surface area (Å²) in [7, 11) is 0. The second-order valence-corrected chi connectivity index (χ2v) is 7.38. The number of anilines is 1. The van der Waals surface area contributed by atoms with Gasteiger partial charge in [-0.25, -0.2) is 4.98 Å². The number of nitrogens with one attached hydrogen (secondary N) is 1. The van der Waals surface area contributed by atoms with Crippen LogP contribution in [0.15, 0.2) is 47.3 Å². The van der Waals surface area contributed by atoms with Gasteiger partial charge >= 0.3 is 0 Å². The van der Waals surface area contributed by atoms with E-state index in [4.69, 9.17) is 9.47 Å². The van der Waals surface area contributed by atoms with Crippen molar-refractivity contribution in [3.63, 3.8) is 0 Å². The van der Waals surface area contributed by atoms with Crippen LogP contribution in [0.25, 0.3) is 11.0 Å². The Kier molecular flexibility index (Phi) is 5.81. The summed E-state index contributed by atoms with van der Waals surface area (Å²) in [5.74, 6) is 0.438. The van der Waals surface area contributed by atoms with Gasteiger partial charge < -0.3 is 19.4 Å². The molecule has 1 aliphatic rings. The van der Waals surface area contributed by atoms with Gasteiger partial charge in [0.1, 0.15) is 18.1 Å². The number of hydrogen-bond donors (Lipinski definition) is 1. The van der Waals surface area contributed by atoms with Crippen molar-refractivity contribution in [1.82, 2.24) is 9.55 Å². The zero-order valence-electron chi connectivity index (χ0n) is 17.2. The second-order valence-electron chi connectivity index (χ2n) is 7.38. The SMILES string of the molecule is CCn1c(=O)c(C)nc2cc(C(=O)Nc3cccc(OCC4CCCO4)c3)ccc21. The minimum atomic E-state index is -0.248. The summed E-state index contributed by atoms with van der Waals surface area (Å²) in [5, 5.41) is 2.90. The lowest BCUT2D eigenvalue weighted by atomic mass is 10.1. The van der Waals surface area contributed by atoms with E-state index in [1.54, 1.807) is 35.8 Å². The van der Waals surface area contributed by atoms with Crippen molar-refractivity contribution >= 4 is 22.6 Å². The lowest BCUT2D eigenvalue weighted by Crippen LogP contribution is -2.23. The first kappa shape index (κ1) is 20.1. The molecule has 2 aromatic carbocycles. The topological polar surface area (TPSA) is 82.5 Å². The summed E-state index contributed by atoms with van der Waals surface area (Å²) in [6.07, 6.45) is 2.22. The van der Waals surface area contributed by atoms with E-state index < -0.39 is 0 Å². The summed E-state index contributed by atoms with van der Waals surface area (Å²) in [4.78, 5) is 29.4. The number of aromatic nitrogens is 2. The Morgan fingerprint density at radius 2 is 2.17 bits per heavy atom. The number of fused-ring (bicyclic) bond motifs is 1. The lowest BCUT2D eigenvalue weighted by Gasteiger charge is -2.13. The first-order valence-corrected chi connectivity index (χ1v) is 10.2. The number of carbonyl (C=O) groups is 1. The number of nitrogens with zero attached hydrogens (tertiary/aromatic N) is 2. The Morgan fingerprint density at radius 3 is 2.93 bits per heavy atom. The highest BCUT2D eigenvalue weighted by molar-refractivity contribution is 6.06. The molecule has 1 fully saturated rings. The Bertz CT molecular complexity index is 1130. The molecule has 7 heteroatoms. The van der Waals surface area contributed by atoms with E-state index in [0.29, 0.717) is 46.9 Å². The molecule has 1 atom stereocenters. The summed E-state index contributed by atoms with van der Waals surface area (Å²) in [6.45, 7) is 5.44. The van der Waals surface area contributed by atoms with Crippen LogP contribution in [0.2, 0.25) is 0 Å². The predicted molar refractivity (Wildman–Crippen MR) is 115 cm³/mol. The Labute approximate surface area is 174 Å². The molecule has 1 saturated heterocycles. The maximum absolute atomic E-state index is 12.8. The first-order valence-electron chi connectivity index (χ1n) is 10.2. The number of hydrogen-bond acceptors (Lipinski definition) is 5. The fourth-order valence-corrected chi connectivity index (χ4v) is 3.66. The van der Waals surface area contributed by atoms with Gasteiger partial charge in [0.15, 0.2) is 0 Å². The van der Waals surface area contributed by atoms with Gasteiger partial charge in [-0.2, -0.15) is 0 Å². The molecule has 1 aliphatic heterocycles. The molecule has 0 saturated carbocycles. The highest BCUT2D eigenvalue weighted by Crippen LogP contribution is 2.21. The lowest BCUT2D eigenvalue weighted by molar-refractivity contribution is 0.0680. The van der Waals surface area contributed by atoms with Gasteiger partial charge in [-0.3, -0.25) is 9.59 Å². The minimum absolute atomic E-state index is 0.109. The molecule has 7 nitrogen and oxygen atoms in total. The molecule has 0 aliphatic carbocycles. The third kappa shape index (κ3) is 4.21. The molecule has 0 radical (unpaired) electrons. The monoisotopic (exact) mass is 407 g/mol. The molecule has 3 aromatic rings. The van der Waals surface area contributed by atoms with Crippen LogP contribution in [0, 0.1) is 6.92 Å². The van der Waals surface area contributed by atoms with Crippen LogP contribution in [0.3, 0.4) is 0 Å². The molecule has 0 spiro atoms. The molecule has 156 valence electrons. The number of ether oxygens (including phenoxy) is 2. The molecule has 1 unspecified atom stereocenters. The van der Waals surface area contributed by atoms with Crippen molar-refractivity contribution in [1.29, 1.82) is 0 Å². The van der Waals surface area contributed by atoms with Crippen LogP contribution in [0.5, 0.6) is 5.75 Å². The van der Waals surface area contributed by atoms with Crippen LogP contribution in [0.4, 0.5) is 5.69 Å². The van der Waals surface area contributed by atoms with Gasteiger partial charge in [0, 0.05) is 30.5 Å². The molecule has 1 aromatic heterocycles. The molecular formula is C23H25N3O4. The van der Waals surface area contributed by atoms with E-state index in [1.165, 1.54) is 0 Å². The summed E-state index contributed by atoms with van der Waals surface area (Å²) >= 11 is 0. The van der Waals surface area contributed by atoms with Crippen molar-refractivity contribution in [3.8, 4) is 5.75 Å². The van der Waals surface area contributed by atoms with Crippen LogP contribution >= 0.6 is 0 Å². The van der Waals surface area contributed by atoms with Gasteiger partial charge in [-0.05, 0) is 57.0 Å². The molecule has 2 heterocycles. The zero-order chi connectivity index (χ0) is 21.1. The maximum Gasteiger partial charge on any atom is 0.272 e. The van der Waals surface area contributed by atoms with Gasteiger partial charge in [0.05, 0.1) is 17.1 Å². The predicted octanol–water partition coefficient (Wildman–Crippen LogP) is 3.53. The fourth-order valence-electron chi connectivity index (χ4n) is 3.66. The number of rotatable bonds is 6. The smallest absolute Gasteiger partial charge is 0.272 e. The molecule has 1 amide bonds. The summed E-state index contributed by atoms with van der Waals surface area (Å²) in [5.41, 5.74) is 2.76. The number of aryl methyl sites for hydroxylation is 2.